The van der Waals surface area contributed by atoms with Crippen LogP contribution in [0.4, 0.5) is 4.79 Å². The zero-order valence-corrected chi connectivity index (χ0v) is 24.2. The van der Waals surface area contributed by atoms with Crippen LogP contribution in [0.2, 0.25) is 0 Å². The van der Waals surface area contributed by atoms with Gasteiger partial charge in [0, 0.05) is 13.6 Å². The molecule has 2 rings (SSSR count). The van der Waals surface area contributed by atoms with Crippen molar-refractivity contribution in [3.63, 3.8) is 0 Å². The molecule has 1 fully saturated rings. The molecule has 0 spiro atoms. The molecule has 0 aromatic heterocycles. The molecule has 3 amide bonds. The summed E-state index contributed by atoms with van der Waals surface area (Å²) in [5.74, 6) is -1.31. The molecule has 9 heteroatoms. The maximum absolute atomic E-state index is 13.7. The summed E-state index contributed by atoms with van der Waals surface area (Å²) in [6, 6.07) is 7.02. The van der Waals surface area contributed by atoms with Gasteiger partial charge in [-0.1, -0.05) is 58.0 Å². The third kappa shape index (κ3) is 9.03. The second-order valence-corrected chi connectivity index (χ2v) is 11.8. The first-order chi connectivity index (χ1) is 17.7. The highest BCUT2D eigenvalue weighted by molar-refractivity contribution is 5.93. The second-order valence-electron chi connectivity index (χ2n) is 11.8. The molecule has 0 radical (unpaired) electrons. The highest BCUT2D eigenvalue weighted by Crippen LogP contribution is 2.23. The third-order valence-corrected chi connectivity index (χ3v) is 6.35. The number of hydrogen-bond acceptors (Lipinski definition) is 6. The second kappa shape index (κ2) is 13.6. The fraction of sp³-hybridized carbons (Fsp3) is 0.655. The van der Waals surface area contributed by atoms with E-state index in [0.29, 0.717) is 25.8 Å². The molecule has 1 heterocycles. The molecular weight excluding hydrogens is 486 g/mol. The normalized spacial score (nSPS) is 17.2. The topological polar surface area (TPSA) is 105 Å². The number of rotatable bonds is 10. The predicted molar refractivity (Wildman–Crippen MR) is 145 cm³/mol. The van der Waals surface area contributed by atoms with E-state index in [2.05, 4.69) is 5.32 Å². The number of carbonyl (C=O) groups is 4. The van der Waals surface area contributed by atoms with Crippen LogP contribution in [0.1, 0.15) is 73.3 Å². The van der Waals surface area contributed by atoms with Crippen LogP contribution in [0, 0.1) is 11.8 Å². The first kappa shape index (κ1) is 31.1. The Kier molecular flexibility index (Phi) is 11.2. The first-order valence-corrected chi connectivity index (χ1v) is 13.5. The lowest BCUT2D eigenvalue weighted by Gasteiger charge is -2.34. The maximum atomic E-state index is 13.7. The van der Waals surface area contributed by atoms with Crippen molar-refractivity contribution in [2.24, 2.45) is 11.8 Å². The van der Waals surface area contributed by atoms with Crippen molar-refractivity contribution in [3.8, 4) is 0 Å². The third-order valence-electron chi connectivity index (χ3n) is 6.35. The minimum absolute atomic E-state index is 0.108. The molecule has 1 aliphatic rings. The molecule has 1 aromatic carbocycles. The van der Waals surface area contributed by atoms with Crippen LogP contribution < -0.4 is 5.32 Å². The fourth-order valence-corrected chi connectivity index (χ4v) is 4.62. The van der Waals surface area contributed by atoms with E-state index < -0.39 is 41.7 Å². The number of carbonyl (C=O) groups excluding carboxylic acids is 4. The largest absolute Gasteiger partial charge is 0.459 e. The average Bonchev–Trinajstić information content (AvgIpc) is 3.31. The van der Waals surface area contributed by atoms with Crippen molar-refractivity contribution in [1.82, 2.24) is 15.1 Å². The summed E-state index contributed by atoms with van der Waals surface area (Å²) in [6.07, 6.45) is 0.972. The lowest BCUT2D eigenvalue weighted by atomic mass is 9.98. The molecule has 1 aromatic rings. The molecule has 0 bridgehead atoms. The molecule has 212 valence electrons. The van der Waals surface area contributed by atoms with Gasteiger partial charge in [-0.05, 0) is 57.4 Å². The minimum Gasteiger partial charge on any atom is -0.459 e. The van der Waals surface area contributed by atoms with Gasteiger partial charge < -0.3 is 19.7 Å². The standard InChI is InChI=1S/C29H45N3O6/c1-19(2)17-22(30-25(33)24(20(3)4)31(8)28(36)38-29(5,6)7)26(34)32-16-12-15-23(32)27(35)37-18-21-13-10-9-11-14-21/h9-11,13-14,19-20,22-24H,12,15-18H2,1-8H3,(H,30,33)/t22?,23-,24-/m0/s1. The zero-order chi connectivity index (χ0) is 28.6. The number of esters is 1. The Morgan fingerprint density at radius 2 is 1.71 bits per heavy atom. The molecule has 1 N–H and O–H groups in total. The van der Waals surface area contributed by atoms with Gasteiger partial charge in [0.25, 0.3) is 0 Å². The summed E-state index contributed by atoms with van der Waals surface area (Å²) in [5.41, 5.74) is 0.162. The summed E-state index contributed by atoms with van der Waals surface area (Å²) in [7, 11) is 1.52. The average molecular weight is 532 g/mol. The summed E-state index contributed by atoms with van der Waals surface area (Å²) >= 11 is 0. The van der Waals surface area contributed by atoms with E-state index in [9.17, 15) is 19.2 Å². The van der Waals surface area contributed by atoms with Crippen LogP contribution in [-0.4, -0.2) is 71.0 Å². The van der Waals surface area contributed by atoms with Gasteiger partial charge in [0.15, 0.2) is 0 Å². The number of nitrogens with zero attached hydrogens (tertiary/aromatic N) is 2. The maximum Gasteiger partial charge on any atom is 0.410 e. The number of benzene rings is 1. The molecule has 9 nitrogen and oxygen atoms in total. The van der Waals surface area contributed by atoms with Crippen molar-refractivity contribution in [2.75, 3.05) is 13.6 Å². The van der Waals surface area contributed by atoms with Gasteiger partial charge in [-0.2, -0.15) is 0 Å². The van der Waals surface area contributed by atoms with Crippen LogP contribution in [0.15, 0.2) is 30.3 Å². The molecule has 3 atom stereocenters. The zero-order valence-electron chi connectivity index (χ0n) is 24.2. The van der Waals surface area contributed by atoms with E-state index in [-0.39, 0.29) is 24.3 Å². The van der Waals surface area contributed by atoms with Gasteiger partial charge in [-0.3, -0.25) is 14.5 Å². The number of likely N-dealkylation sites (N-methyl/N-ethyl adjacent to an activating group) is 1. The molecule has 0 saturated carbocycles. The molecule has 1 saturated heterocycles. The Labute approximate surface area is 227 Å². The monoisotopic (exact) mass is 531 g/mol. The van der Waals surface area contributed by atoms with Gasteiger partial charge in [0.05, 0.1) is 0 Å². The Hall–Kier alpha value is -3.10. The van der Waals surface area contributed by atoms with E-state index in [4.69, 9.17) is 9.47 Å². The SMILES string of the molecule is CC(C)CC(NC(=O)[C@H](C(C)C)N(C)C(=O)OC(C)(C)C)C(=O)N1CCC[C@H]1C(=O)OCc1ccccc1. The Morgan fingerprint density at radius 1 is 1.08 bits per heavy atom. The molecule has 0 aliphatic carbocycles. The Morgan fingerprint density at radius 3 is 2.26 bits per heavy atom. The quantitative estimate of drug-likeness (QED) is 0.455. The van der Waals surface area contributed by atoms with Crippen LogP contribution in [-0.2, 0) is 30.5 Å². The van der Waals surface area contributed by atoms with Crippen LogP contribution in [0.3, 0.4) is 0 Å². The van der Waals surface area contributed by atoms with Crippen molar-refractivity contribution in [3.05, 3.63) is 35.9 Å². The smallest absolute Gasteiger partial charge is 0.410 e. The molecular formula is C29H45N3O6. The number of hydrogen-bond donors (Lipinski definition) is 1. The summed E-state index contributed by atoms with van der Waals surface area (Å²) in [4.78, 5) is 55.6. The van der Waals surface area contributed by atoms with Gasteiger partial charge in [-0.15, -0.1) is 0 Å². The van der Waals surface area contributed by atoms with E-state index in [1.807, 2.05) is 58.0 Å². The highest BCUT2D eigenvalue weighted by Gasteiger charge is 2.40. The lowest BCUT2D eigenvalue weighted by Crippen LogP contribution is -2.57. The van der Waals surface area contributed by atoms with Crippen LogP contribution in [0.25, 0.3) is 0 Å². The van der Waals surface area contributed by atoms with Crippen molar-refractivity contribution in [2.45, 2.75) is 98.1 Å². The van der Waals surface area contributed by atoms with E-state index in [1.165, 1.54) is 16.8 Å². The van der Waals surface area contributed by atoms with E-state index in [1.54, 1.807) is 20.8 Å². The summed E-state index contributed by atoms with van der Waals surface area (Å²) in [6.45, 7) is 13.4. The van der Waals surface area contributed by atoms with Crippen LogP contribution in [0.5, 0.6) is 0 Å². The summed E-state index contributed by atoms with van der Waals surface area (Å²) < 4.78 is 11.0. The van der Waals surface area contributed by atoms with Crippen molar-refractivity contribution in [1.29, 1.82) is 0 Å². The fourth-order valence-electron chi connectivity index (χ4n) is 4.62. The number of nitrogens with one attached hydrogen (secondary N) is 1. The van der Waals surface area contributed by atoms with Gasteiger partial charge in [0.2, 0.25) is 11.8 Å². The van der Waals surface area contributed by atoms with Crippen molar-refractivity contribution >= 4 is 23.9 Å². The molecule has 1 unspecified atom stereocenters. The predicted octanol–water partition coefficient (Wildman–Crippen LogP) is 4.14. The number of likely N-dealkylation sites (tertiary alicyclic amines) is 1. The van der Waals surface area contributed by atoms with Gasteiger partial charge >= 0.3 is 12.1 Å². The number of ether oxygens (including phenoxy) is 2. The van der Waals surface area contributed by atoms with Gasteiger partial charge in [-0.25, -0.2) is 9.59 Å². The first-order valence-electron chi connectivity index (χ1n) is 13.5. The lowest BCUT2D eigenvalue weighted by molar-refractivity contribution is -0.155. The summed E-state index contributed by atoms with van der Waals surface area (Å²) in [5, 5.41) is 2.89. The minimum atomic E-state index is -0.836. The van der Waals surface area contributed by atoms with E-state index >= 15 is 0 Å². The van der Waals surface area contributed by atoms with Crippen LogP contribution >= 0.6 is 0 Å². The Balaban J connectivity index is 2.15. The molecule has 1 aliphatic heterocycles. The van der Waals surface area contributed by atoms with Crippen molar-refractivity contribution < 1.29 is 28.7 Å². The Bertz CT molecular complexity index is 957. The molecule has 38 heavy (non-hydrogen) atoms. The van der Waals surface area contributed by atoms with E-state index in [0.717, 1.165) is 5.56 Å². The number of amides is 3. The highest BCUT2D eigenvalue weighted by atomic mass is 16.6. The van der Waals surface area contributed by atoms with Gasteiger partial charge in [0.1, 0.15) is 30.3 Å².